The first kappa shape index (κ1) is 9.91. The van der Waals surface area contributed by atoms with Crippen LogP contribution in [0.1, 0.15) is 6.42 Å². The first-order valence-corrected chi connectivity index (χ1v) is 3.47. The molecule has 0 aliphatic rings. The van der Waals surface area contributed by atoms with Crippen molar-refractivity contribution in [3.63, 3.8) is 0 Å². The summed E-state index contributed by atoms with van der Waals surface area (Å²) in [6, 6.07) is -0.479. The van der Waals surface area contributed by atoms with Crippen LogP contribution in [0.4, 0.5) is 0 Å². The second-order valence-corrected chi connectivity index (χ2v) is 2.16. The van der Waals surface area contributed by atoms with E-state index >= 15 is 0 Å². The zero-order chi connectivity index (χ0) is 8.69. The topological polar surface area (TPSA) is 55.1 Å². The third-order valence-corrected chi connectivity index (χ3v) is 1.18. The van der Waals surface area contributed by atoms with Gasteiger partial charge in [-0.2, -0.15) is 0 Å². The first-order valence-electron chi connectivity index (χ1n) is 3.47. The number of hydrogen-bond donors (Lipinski definition) is 2. The van der Waals surface area contributed by atoms with Crippen LogP contribution in [0.5, 0.6) is 0 Å². The number of nitrogens with one attached hydrogen (secondary N) is 1. The largest absolute Gasteiger partial charge is 0.351 e. The summed E-state index contributed by atoms with van der Waals surface area (Å²) in [5, 5.41) is 2.59. The lowest BCUT2D eigenvalue weighted by molar-refractivity contribution is -0.122. The Balaban J connectivity index is 3.62. The molecule has 1 amide bonds. The van der Waals surface area contributed by atoms with Gasteiger partial charge in [-0.1, -0.05) is 12.2 Å². The molecule has 0 rings (SSSR count). The number of hydrogen-bond acceptors (Lipinski definition) is 2. The van der Waals surface area contributed by atoms with Crippen LogP contribution in [0.3, 0.4) is 0 Å². The molecule has 0 aromatic rings. The van der Waals surface area contributed by atoms with Crippen LogP contribution in [-0.2, 0) is 4.79 Å². The molecule has 0 aliphatic heterocycles. The van der Waals surface area contributed by atoms with Gasteiger partial charge in [0.1, 0.15) is 0 Å². The highest BCUT2D eigenvalue weighted by molar-refractivity contribution is 5.81. The molecular formula is C8H14N2O. The molecule has 1 unspecified atom stereocenters. The minimum Gasteiger partial charge on any atom is -0.351 e. The van der Waals surface area contributed by atoms with Crippen molar-refractivity contribution in [3.05, 3.63) is 25.3 Å². The second-order valence-electron chi connectivity index (χ2n) is 2.16. The highest BCUT2D eigenvalue weighted by Crippen LogP contribution is 1.87. The molecule has 0 radical (unpaired) electrons. The normalized spacial score (nSPS) is 11.7. The van der Waals surface area contributed by atoms with Crippen LogP contribution >= 0.6 is 0 Å². The fourth-order valence-electron chi connectivity index (χ4n) is 0.590. The summed E-state index contributed by atoms with van der Waals surface area (Å²) in [4.78, 5) is 11.0. The molecule has 3 N–H and O–H groups in total. The Kier molecular flexibility index (Phi) is 5.11. The molecule has 0 aliphatic carbocycles. The average Bonchev–Trinajstić information content (AvgIpc) is 2.00. The van der Waals surface area contributed by atoms with Crippen molar-refractivity contribution in [2.24, 2.45) is 5.73 Å². The molecule has 0 aromatic heterocycles. The smallest absolute Gasteiger partial charge is 0.237 e. The van der Waals surface area contributed by atoms with Gasteiger partial charge in [-0.3, -0.25) is 4.79 Å². The number of rotatable bonds is 5. The molecule has 0 fully saturated rings. The summed E-state index contributed by atoms with van der Waals surface area (Å²) < 4.78 is 0. The molecule has 0 saturated carbocycles. The van der Waals surface area contributed by atoms with Crippen LogP contribution in [0.2, 0.25) is 0 Å². The maximum absolute atomic E-state index is 11.0. The molecule has 0 heterocycles. The van der Waals surface area contributed by atoms with E-state index in [4.69, 9.17) is 5.73 Å². The Morgan fingerprint density at radius 1 is 1.55 bits per heavy atom. The monoisotopic (exact) mass is 154 g/mol. The molecule has 3 heteroatoms. The van der Waals surface area contributed by atoms with Gasteiger partial charge in [0.15, 0.2) is 0 Å². The van der Waals surface area contributed by atoms with Crippen molar-refractivity contribution in [2.45, 2.75) is 12.5 Å². The van der Waals surface area contributed by atoms with E-state index in [-0.39, 0.29) is 5.91 Å². The fraction of sp³-hybridized carbons (Fsp3) is 0.375. The molecule has 0 bridgehead atoms. The summed E-state index contributed by atoms with van der Waals surface area (Å²) in [5.41, 5.74) is 5.45. The third kappa shape index (κ3) is 4.33. The first-order chi connectivity index (χ1) is 5.22. The van der Waals surface area contributed by atoms with Crippen LogP contribution in [0.25, 0.3) is 0 Å². The minimum absolute atomic E-state index is 0.162. The van der Waals surface area contributed by atoms with Gasteiger partial charge in [0.25, 0.3) is 0 Å². The number of carbonyl (C=O) groups excluding carboxylic acids is 1. The Labute approximate surface area is 67.0 Å². The third-order valence-electron chi connectivity index (χ3n) is 1.18. The predicted octanol–water partition coefficient (Wildman–Crippen LogP) is 0.192. The Hall–Kier alpha value is -1.09. The van der Waals surface area contributed by atoms with Crippen LogP contribution in [-0.4, -0.2) is 18.5 Å². The summed E-state index contributed by atoms with van der Waals surface area (Å²) in [7, 11) is 0. The molecular weight excluding hydrogens is 140 g/mol. The van der Waals surface area contributed by atoms with Crippen LogP contribution < -0.4 is 11.1 Å². The Bertz CT molecular complexity index is 154. The predicted molar refractivity (Wildman–Crippen MR) is 46.0 cm³/mol. The van der Waals surface area contributed by atoms with E-state index in [1.807, 2.05) is 0 Å². The van der Waals surface area contributed by atoms with Crippen LogP contribution in [0.15, 0.2) is 25.3 Å². The van der Waals surface area contributed by atoms with Gasteiger partial charge in [0.05, 0.1) is 6.04 Å². The minimum atomic E-state index is -0.479. The van der Waals surface area contributed by atoms with Crippen molar-refractivity contribution in [2.75, 3.05) is 6.54 Å². The molecule has 0 spiro atoms. The molecule has 0 aromatic carbocycles. The Morgan fingerprint density at radius 3 is 2.64 bits per heavy atom. The van der Waals surface area contributed by atoms with E-state index in [2.05, 4.69) is 18.5 Å². The van der Waals surface area contributed by atoms with E-state index in [1.54, 1.807) is 12.2 Å². The number of amides is 1. The van der Waals surface area contributed by atoms with E-state index < -0.39 is 6.04 Å². The molecule has 1 atom stereocenters. The zero-order valence-electron chi connectivity index (χ0n) is 6.55. The molecule has 0 saturated heterocycles. The summed E-state index contributed by atoms with van der Waals surface area (Å²) in [6.07, 6.45) is 3.74. The van der Waals surface area contributed by atoms with Crippen molar-refractivity contribution >= 4 is 5.91 Å². The van der Waals surface area contributed by atoms with Gasteiger partial charge in [-0.15, -0.1) is 13.2 Å². The molecule has 3 nitrogen and oxygen atoms in total. The van der Waals surface area contributed by atoms with Crippen molar-refractivity contribution in [1.82, 2.24) is 5.32 Å². The summed E-state index contributed by atoms with van der Waals surface area (Å²) in [5.74, 6) is -0.162. The standard InChI is InChI=1S/C8H14N2O/c1-3-5-7(9)8(11)10-6-4-2/h3-4,7H,1-2,5-6,9H2,(H,10,11). The lowest BCUT2D eigenvalue weighted by Gasteiger charge is -2.07. The van der Waals surface area contributed by atoms with Gasteiger partial charge in [0, 0.05) is 6.54 Å². The quantitative estimate of drug-likeness (QED) is 0.555. The van der Waals surface area contributed by atoms with E-state index in [1.165, 1.54) is 0 Å². The van der Waals surface area contributed by atoms with E-state index in [0.29, 0.717) is 13.0 Å². The zero-order valence-corrected chi connectivity index (χ0v) is 6.55. The maximum Gasteiger partial charge on any atom is 0.237 e. The van der Waals surface area contributed by atoms with Gasteiger partial charge in [-0.25, -0.2) is 0 Å². The van der Waals surface area contributed by atoms with Crippen LogP contribution in [0, 0.1) is 0 Å². The fourth-order valence-corrected chi connectivity index (χ4v) is 0.590. The van der Waals surface area contributed by atoms with Crippen molar-refractivity contribution in [3.8, 4) is 0 Å². The average molecular weight is 154 g/mol. The second kappa shape index (κ2) is 5.68. The maximum atomic E-state index is 11.0. The molecule has 11 heavy (non-hydrogen) atoms. The SMILES string of the molecule is C=CCNC(=O)C(N)CC=C. The lowest BCUT2D eigenvalue weighted by atomic mass is 10.2. The van der Waals surface area contributed by atoms with Gasteiger partial charge in [-0.05, 0) is 6.42 Å². The van der Waals surface area contributed by atoms with E-state index in [9.17, 15) is 4.79 Å². The number of nitrogens with two attached hydrogens (primary N) is 1. The van der Waals surface area contributed by atoms with Crippen molar-refractivity contribution < 1.29 is 4.79 Å². The summed E-state index contributed by atoms with van der Waals surface area (Å²) >= 11 is 0. The number of carbonyl (C=O) groups is 1. The summed E-state index contributed by atoms with van der Waals surface area (Å²) in [6.45, 7) is 7.41. The highest BCUT2D eigenvalue weighted by Gasteiger charge is 2.08. The van der Waals surface area contributed by atoms with Gasteiger partial charge < -0.3 is 11.1 Å². The van der Waals surface area contributed by atoms with Gasteiger partial charge >= 0.3 is 0 Å². The lowest BCUT2D eigenvalue weighted by Crippen LogP contribution is -2.40. The molecule has 62 valence electrons. The Morgan fingerprint density at radius 2 is 2.18 bits per heavy atom. The van der Waals surface area contributed by atoms with E-state index in [0.717, 1.165) is 0 Å². The van der Waals surface area contributed by atoms with Gasteiger partial charge in [0.2, 0.25) is 5.91 Å². The van der Waals surface area contributed by atoms with Crippen molar-refractivity contribution in [1.29, 1.82) is 0 Å². The highest BCUT2D eigenvalue weighted by atomic mass is 16.2.